The molecule has 0 aliphatic rings. The number of benzene rings is 1. The summed E-state index contributed by atoms with van der Waals surface area (Å²) in [5.74, 6) is -1.95. The van der Waals surface area contributed by atoms with E-state index in [9.17, 15) is 19.2 Å². The van der Waals surface area contributed by atoms with Gasteiger partial charge in [-0.15, -0.1) is 0 Å². The number of rotatable bonds is 23. The van der Waals surface area contributed by atoms with Crippen molar-refractivity contribution < 1.29 is 43.7 Å². The number of aryl methyl sites for hydroxylation is 1. The summed E-state index contributed by atoms with van der Waals surface area (Å²) >= 11 is 0. The molecule has 14 nitrogen and oxygen atoms in total. The molecule has 0 saturated carbocycles. The van der Waals surface area contributed by atoms with Gasteiger partial charge in [0.05, 0.1) is 32.3 Å². The minimum atomic E-state index is -0.921. The molecule has 0 saturated heterocycles. The van der Waals surface area contributed by atoms with E-state index >= 15 is 0 Å². The number of pyridine rings is 1. The average Bonchev–Trinajstić information content (AvgIpc) is 3.01. The molecule has 2 rings (SSSR count). The second kappa shape index (κ2) is 23.2. The number of hydrogen-bond donors (Lipinski definition) is 3. The SMILES string of the molecule is CCN(CCN(CCN(C)CC(=O)O)CC(=O)CCc1ccc(COCC(=O)[C@H](N)Cc2cccnc2)cc1)CC(=O)O.O=C=O. The Kier molecular flexibility index (Phi) is 20.1. The van der Waals surface area contributed by atoms with E-state index in [0.717, 1.165) is 16.7 Å². The first-order valence-electron chi connectivity index (χ1n) is 14.9. The summed E-state index contributed by atoms with van der Waals surface area (Å²) in [7, 11) is 1.71. The van der Waals surface area contributed by atoms with Gasteiger partial charge in [-0.05, 0) is 49.2 Å². The van der Waals surface area contributed by atoms with E-state index in [1.165, 1.54) is 0 Å². The first kappa shape index (κ1) is 39.9. The zero-order valence-electron chi connectivity index (χ0n) is 26.5. The molecule has 4 N–H and O–H groups in total. The van der Waals surface area contributed by atoms with Crippen LogP contribution < -0.4 is 5.73 Å². The van der Waals surface area contributed by atoms with E-state index in [-0.39, 0.29) is 50.6 Å². The maximum absolute atomic E-state index is 12.9. The Hall–Kier alpha value is -4.17. The van der Waals surface area contributed by atoms with Crippen LogP contribution in [-0.4, -0.2) is 132 Å². The number of hydrogen-bond acceptors (Lipinski definition) is 12. The van der Waals surface area contributed by atoms with Gasteiger partial charge in [0, 0.05) is 45.0 Å². The van der Waals surface area contributed by atoms with Gasteiger partial charge < -0.3 is 20.7 Å². The van der Waals surface area contributed by atoms with E-state index in [0.29, 0.717) is 52.0 Å². The third-order valence-corrected chi connectivity index (χ3v) is 6.96. The lowest BCUT2D eigenvalue weighted by Gasteiger charge is -2.27. The van der Waals surface area contributed by atoms with Crippen LogP contribution in [0.1, 0.15) is 30.0 Å². The molecule has 0 bridgehead atoms. The molecular formula is C32H45N5O9. The van der Waals surface area contributed by atoms with Crippen LogP contribution in [0.3, 0.4) is 0 Å². The van der Waals surface area contributed by atoms with Crippen molar-refractivity contribution >= 4 is 29.7 Å². The monoisotopic (exact) mass is 643 g/mol. The first-order valence-corrected chi connectivity index (χ1v) is 14.9. The maximum Gasteiger partial charge on any atom is 0.373 e. The van der Waals surface area contributed by atoms with Gasteiger partial charge in [-0.3, -0.25) is 38.9 Å². The molecule has 0 aliphatic heterocycles. The third kappa shape index (κ3) is 18.6. The predicted molar refractivity (Wildman–Crippen MR) is 167 cm³/mol. The number of nitrogens with two attached hydrogens (primary N) is 1. The smallest absolute Gasteiger partial charge is 0.373 e. The van der Waals surface area contributed by atoms with Crippen molar-refractivity contribution in [1.82, 2.24) is 19.7 Å². The molecule has 46 heavy (non-hydrogen) atoms. The average molecular weight is 644 g/mol. The number of Topliss-reactive ketones (excluding diaryl/α,β-unsaturated/α-hetero) is 2. The van der Waals surface area contributed by atoms with Gasteiger partial charge in [-0.25, -0.2) is 0 Å². The Bertz CT molecular complexity index is 1240. The van der Waals surface area contributed by atoms with Crippen LogP contribution in [-0.2, 0) is 53.0 Å². The van der Waals surface area contributed by atoms with E-state index in [2.05, 4.69) is 4.98 Å². The topological polar surface area (TPSA) is 201 Å². The van der Waals surface area contributed by atoms with E-state index in [1.54, 1.807) is 35.3 Å². The number of aromatic nitrogens is 1. The van der Waals surface area contributed by atoms with Crippen LogP contribution in [0.4, 0.5) is 0 Å². The molecule has 1 aromatic carbocycles. The molecule has 14 heteroatoms. The fourth-order valence-corrected chi connectivity index (χ4v) is 4.39. The zero-order valence-corrected chi connectivity index (χ0v) is 26.5. The lowest BCUT2D eigenvalue weighted by atomic mass is 10.0. The Morgan fingerprint density at radius 2 is 1.50 bits per heavy atom. The van der Waals surface area contributed by atoms with Gasteiger partial charge in [0.15, 0.2) is 5.78 Å². The second-order valence-electron chi connectivity index (χ2n) is 10.7. The summed E-state index contributed by atoms with van der Waals surface area (Å²) in [6.45, 7) is 4.63. The number of nitrogens with zero attached hydrogens (tertiary/aromatic N) is 4. The molecule has 0 fully saturated rings. The highest BCUT2D eigenvalue weighted by atomic mass is 16.5. The summed E-state index contributed by atoms with van der Waals surface area (Å²) in [6.07, 6.45) is 4.92. The van der Waals surface area contributed by atoms with Crippen molar-refractivity contribution in [3.8, 4) is 0 Å². The highest BCUT2D eigenvalue weighted by molar-refractivity contribution is 5.85. The fourth-order valence-electron chi connectivity index (χ4n) is 4.39. The quantitative estimate of drug-likeness (QED) is 0.150. The van der Waals surface area contributed by atoms with E-state index in [4.69, 9.17) is 30.3 Å². The van der Waals surface area contributed by atoms with Crippen molar-refractivity contribution in [2.75, 3.05) is 66.0 Å². The van der Waals surface area contributed by atoms with Gasteiger partial charge in [-0.2, -0.15) is 9.59 Å². The molecule has 1 aromatic heterocycles. The maximum atomic E-state index is 12.9. The van der Waals surface area contributed by atoms with Crippen molar-refractivity contribution in [2.45, 2.75) is 38.8 Å². The molecule has 0 aliphatic carbocycles. The largest absolute Gasteiger partial charge is 0.480 e. The molecule has 0 spiro atoms. The van der Waals surface area contributed by atoms with Gasteiger partial charge in [0.1, 0.15) is 12.4 Å². The summed E-state index contributed by atoms with van der Waals surface area (Å²) in [6, 6.07) is 10.7. The summed E-state index contributed by atoms with van der Waals surface area (Å²) in [4.78, 5) is 73.0. The highest BCUT2D eigenvalue weighted by Crippen LogP contribution is 2.10. The highest BCUT2D eigenvalue weighted by Gasteiger charge is 2.16. The lowest BCUT2D eigenvalue weighted by Crippen LogP contribution is -2.43. The predicted octanol–water partition coefficient (Wildman–Crippen LogP) is 0.380. The lowest BCUT2D eigenvalue weighted by molar-refractivity contribution is -0.191. The van der Waals surface area contributed by atoms with Crippen molar-refractivity contribution in [2.24, 2.45) is 5.73 Å². The van der Waals surface area contributed by atoms with Crippen LogP contribution in [0.15, 0.2) is 48.8 Å². The van der Waals surface area contributed by atoms with Crippen LogP contribution in [0.2, 0.25) is 0 Å². The second-order valence-corrected chi connectivity index (χ2v) is 10.7. The Morgan fingerprint density at radius 1 is 0.891 bits per heavy atom. The van der Waals surface area contributed by atoms with Gasteiger partial charge in [0.25, 0.3) is 0 Å². The number of carboxylic acids is 2. The Balaban J connectivity index is 0.00000338. The zero-order chi connectivity index (χ0) is 34.3. The summed E-state index contributed by atoms with van der Waals surface area (Å²) < 4.78 is 5.58. The molecule has 0 unspecified atom stereocenters. The van der Waals surface area contributed by atoms with Crippen molar-refractivity contribution in [3.05, 3.63) is 65.5 Å². The standard InChI is InChI=1S/C31H45N5O7.CO2/c1-3-35(21-31(41)42)15-16-36(14-13-34(2)20-30(39)40)19-27(37)11-10-24-6-8-25(9-7-24)22-43-23-29(38)28(32)17-26-5-4-12-33-18-26;2-1-3/h4-9,12,18,28H,3,10-11,13-17,19-23,32H2,1-2H3,(H,39,40)(H,41,42);/t28-;/m1./s1. The number of ether oxygens (including phenoxy) is 1. The van der Waals surface area contributed by atoms with Gasteiger partial charge in [0.2, 0.25) is 0 Å². The number of carbonyl (C=O) groups is 4. The van der Waals surface area contributed by atoms with Crippen LogP contribution >= 0.6 is 0 Å². The van der Waals surface area contributed by atoms with Gasteiger partial charge in [-0.1, -0.05) is 37.3 Å². The van der Waals surface area contributed by atoms with E-state index in [1.807, 2.05) is 42.2 Å². The normalized spacial score (nSPS) is 11.5. The summed E-state index contributed by atoms with van der Waals surface area (Å²) in [5, 5.41) is 18.1. The Labute approximate surface area is 269 Å². The first-order chi connectivity index (χ1) is 22.0. The molecule has 0 radical (unpaired) electrons. The third-order valence-electron chi connectivity index (χ3n) is 6.96. The number of carboxylic acid groups (broad SMARTS) is 2. The van der Waals surface area contributed by atoms with Crippen LogP contribution in [0.5, 0.6) is 0 Å². The molecule has 2 aromatic rings. The fraction of sp³-hybridized carbons (Fsp3) is 0.500. The number of aliphatic carboxylic acids is 2. The van der Waals surface area contributed by atoms with Crippen LogP contribution in [0.25, 0.3) is 0 Å². The summed E-state index contributed by atoms with van der Waals surface area (Å²) in [5.41, 5.74) is 8.80. The minimum absolute atomic E-state index is 0.0516. The van der Waals surface area contributed by atoms with Crippen LogP contribution in [0, 0.1) is 0 Å². The molecule has 1 atom stereocenters. The van der Waals surface area contributed by atoms with Crippen molar-refractivity contribution in [3.63, 3.8) is 0 Å². The minimum Gasteiger partial charge on any atom is -0.480 e. The molecule has 1 heterocycles. The van der Waals surface area contributed by atoms with Gasteiger partial charge >= 0.3 is 18.1 Å². The molecule has 0 amide bonds. The van der Waals surface area contributed by atoms with Crippen molar-refractivity contribution in [1.29, 1.82) is 0 Å². The molecular weight excluding hydrogens is 598 g/mol. The van der Waals surface area contributed by atoms with E-state index < -0.39 is 18.0 Å². The number of carbonyl (C=O) groups excluding carboxylic acids is 4. The number of likely N-dealkylation sites (N-methyl/N-ethyl adjacent to an activating group) is 2. The number of ketones is 2. The molecule has 252 valence electrons. The Morgan fingerprint density at radius 3 is 2.09 bits per heavy atom.